The molecule has 28 heavy (non-hydrogen) atoms. The highest BCUT2D eigenvalue weighted by atomic mass is 16.5. The number of fused-ring (bicyclic) bond motifs is 1. The minimum Gasteiger partial charge on any atom is -0.480 e. The molecule has 1 N–H and O–H groups in total. The molecule has 0 saturated carbocycles. The van der Waals surface area contributed by atoms with Gasteiger partial charge in [-0.05, 0) is 41.8 Å². The summed E-state index contributed by atoms with van der Waals surface area (Å²) in [5, 5.41) is 5.17. The van der Waals surface area contributed by atoms with Crippen LogP contribution in [0.5, 0.6) is 5.75 Å². The van der Waals surface area contributed by atoms with E-state index in [2.05, 4.69) is 50.4 Å². The predicted octanol–water partition coefficient (Wildman–Crippen LogP) is 5.78. The third kappa shape index (κ3) is 4.53. The van der Waals surface area contributed by atoms with Crippen LogP contribution in [0, 0.1) is 0 Å². The van der Waals surface area contributed by atoms with E-state index in [9.17, 15) is 4.79 Å². The number of benzene rings is 3. The highest BCUT2D eigenvalue weighted by Gasteiger charge is 2.19. The molecule has 3 nitrogen and oxygen atoms in total. The molecule has 0 fully saturated rings. The summed E-state index contributed by atoms with van der Waals surface area (Å²) in [7, 11) is 0. The first-order chi connectivity index (χ1) is 13.3. The molecule has 1 amide bonds. The number of amides is 1. The van der Waals surface area contributed by atoms with Crippen molar-refractivity contribution < 1.29 is 9.53 Å². The van der Waals surface area contributed by atoms with Crippen LogP contribution in [0.1, 0.15) is 51.8 Å². The van der Waals surface area contributed by atoms with Gasteiger partial charge in [0.15, 0.2) is 6.10 Å². The van der Waals surface area contributed by atoms with E-state index in [1.807, 2.05) is 49.4 Å². The van der Waals surface area contributed by atoms with Crippen molar-refractivity contribution in [2.24, 2.45) is 0 Å². The Bertz CT molecular complexity index is 949. The lowest BCUT2D eigenvalue weighted by Gasteiger charge is -2.22. The molecule has 0 spiro atoms. The zero-order chi connectivity index (χ0) is 20.3. The van der Waals surface area contributed by atoms with Gasteiger partial charge in [0.1, 0.15) is 5.75 Å². The molecule has 3 aromatic carbocycles. The lowest BCUT2D eigenvalue weighted by atomic mass is 9.86. The van der Waals surface area contributed by atoms with Gasteiger partial charge in [-0.1, -0.05) is 81.4 Å². The van der Waals surface area contributed by atoms with Gasteiger partial charge in [0, 0.05) is 5.39 Å². The average Bonchev–Trinajstić information content (AvgIpc) is 2.67. The molecule has 0 bridgehead atoms. The molecule has 3 rings (SSSR count). The number of rotatable bonds is 5. The molecule has 3 heteroatoms. The Morgan fingerprint density at radius 1 is 0.893 bits per heavy atom. The topological polar surface area (TPSA) is 38.3 Å². The summed E-state index contributed by atoms with van der Waals surface area (Å²) in [5.41, 5.74) is 2.48. The molecule has 146 valence electrons. The van der Waals surface area contributed by atoms with Crippen molar-refractivity contribution in [2.75, 3.05) is 0 Å². The molecular formula is C25H29NO2. The lowest BCUT2D eigenvalue weighted by molar-refractivity contribution is -0.127. The second-order valence-electron chi connectivity index (χ2n) is 8.34. The van der Waals surface area contributed by atoms with Gasteiger partial charge in [0.25, 0.3) is 5.91 Å². The van der Waals surface area contributed by atoms with Gasteiger partial charge in [-0.3, -0.25) is 4.79 Å². The van der Waals surface area contributed by atoms with Crippen molar-refractivity contribution in [1.82, 2.24) is 5.32 Å². The zero-order valence-electron chi connectivity index (χ0n) is 17.3. The fourth-order valence-corrected chi connectivity index (χ4v) is 3.23. The quantitative estimate of drug-likeness (QED) is 0.614. The molecule has 0 aliphatic heterocycles. The SMILES string of the molecule is C[C@H](Oc1cccc2ccccc12)C(=O)N[C@H](C)c1ccc(C(C)(C)C)cc1. The van der Waals surface area contributed by atoms with E-state index < -0.39 is 6.10 Å². The Kier molecular flexibility index (Phi) is 5.73. The van der Waals surface area contributed by atoms with E-state index in [1.54, 1.807) is 6.92 Å². The summed E-state index contributed by atoms with van der Waals surface area (Å²) in [6, 6.07) is 22.3. The Morgan fingerprint density at radius 2 is 1.54 bits per heavy atom. The van der Waals surface area contributed by atoms with Crippen LogP contribution in [-0.2, 0) is 10.2 Å². The minimum absolute atomic E-state index is 0.0833. The molecule has 0 aliphatic carbocycles. The standard InChI is InChI=1S/C25H29NO2/c1-17(19-13-15-21(16-14-19)25(3,4)5)26-24(27)18(2)28-23-12-8-10-20-9-6-7-11-22(20)23/h6-18H,1-5H3,(H,26,27)/t17-,18+/m1/s1. The van der Waals surface area contributed by atoms with Crippen molar-refractivity contribution in [3.63, 3.8) is 0 Å². The van der Waals surface area contributed by atoms with Gasteiger partial charge >= 0.3 is 0 Å². The molecule has 0 aliphatic rings. The molecule has 0 heterocycles. The number of carbonyl (C=O) groups is 1. The lowest BCUT2D eigenvalue weighted by Crippen LogP contribution is -2.37. The van der Waals surface area contributed by atoms with E-state index in [1.165, 1.54) is 5.56 Å². The van der Waals surface area contributed by atoms with Gasteiger partial charge in [0.2, 0.25) is 0 Å². The highest BCUT2D eigenvalue weighted by Crippen LogP contribution is 2.27. The van der Waals surface area contributed by atoms with Crippen LogP contribution >= 0.6 is 0 Å². The first-order valence-electron chi connectivity index (χ1n) is 9.81. The first-order valence-corrected chi connectivity index (χ1v) is 9.81. The highest BCUT2D eigenvalue weighted by molar-refractivity contribution is 5.89. The third-order valence-electron chi connectivity index (χ3n) is 5.06. The van der Waals surface area contributed by atoms with Crippen molar-refractivity contribution in [1.29, 1.82) is 0 Å². The van der Waals surface area contributed by atoms with E-state index in [0.29, 0.717) is 0 Å². The minimum atomic E-state index is -0.581. The smallest absolute Gasteiger partial charge is 0.261 e. The van der Waals surface area contributed by atoms with Gasteiger partial charge in [0.05, 0.1) is 6.04 Å². The summed E-state index contributed by atoms with van der Waals surface area (Å²) >= 11 is 0. The fraction of sp³-hybridized carbons (Fsp3) is 0.320. The molecule has 0 aromatic heterocycles. The second kappa shape index (κ2) is 8.05. The van der Waals surface area contributed by atoms with E-state index in [4.69, 9.17) is 4.74 Å². The Morgan fingerprint density at radius 3 is 2.21 bits per heavy atom. The van der Waals surface area contributed by atoms with Crippen molar-refractivity contribution in [2.45, 2.75) is 52.2 Å². The first kappa shape index (κ1) is 19.9. The normalized spacial score (nSPS) is 13.8. The largest absolute Gasteiger partial charge is 0.480 e. The van der Waals surface area contributed by atoms with Gasteiger partial charge in [-0.25, -0.2) is 0 Å². The van der Waals surface area contributed by atoms with Gasteiger partial charge in [-0.15, -0.1) is 0 Å². The predicted molar refractivity (Wildman–Crippen MR) is 116 cm³/mol. The molecule has 2 atom stereocenters. The maximum atomic E-state index is 12.7. The second-order valence-corrected chi connectivity index (χ2v) is 8.34. The maximum Gasteiger partial charge on any atom is 0.261 e. The molecule has 3 aromatic rings. The number of nitrogens with one attached hydrogen (secondary N) is 1. The number of hydrogen-bond acceptors (Lipinski definition) is 2. The summed E-state index contributed by atoms with van der Waals surface area (Å²) in [4.78, 5) is 12.7. The summed E-state index contributed by atoms with van der Waals surface area (Å²) in [6.45, 7) is 10.4. The van der Waals surface area contributed by atoms with Crippen molar-refractivity contribution in [3.8, 4) is 5.75 Å². The average molecular weight is 376 g/mol. The summed E-state index contributed by atoms with van der Waals surface area (Å²) in [5.74, 6) is 0.600. The van der Waals surface area contributed by atoms with Crippen LogP contribution in [0.2, 0.25) is 0 Å². The van der Waals surface area contributed by atoms with E-state index >= 15 is 0 Å². The van der Waals surface area contributed by atoms with Crippen LogP contribution in [0.15, 0.2) is 66.7 Å². The number of hydrogen-bond donors (Lipinski definition) is 1. The van der Waals surface area contributed by atoms with Gasteiger partial charge < -0.3 is 10.1 Å². The van der Waals surface area contributed by atoms with Crippen LogP contribution in [-0.4, -0.2) is 12.0 Å². The number of carbonyl (C=O) groups excluding carboxylic acids is 1. The Hall–Kier alpha value is -2.81. The Labute approximate surface area is 167 Å². The molecule has 0 unspecified atom stereocenters. The maximum absolute atomic E-state index is 12.7. The molecule has 0 saturated heterocycles. The van der Waals surface area contributed by atoms with Crippen molar-refractivity contribution in [3.05, 3.63) is 77.9 Å². The Balaban J connectivity index is 1.66. The number of ether oxygens (including phenoxy) is 1. The van der Waals surface area contributed by atoms with E-state index in [-0.39, 0.29) is 17.4 Å². The summed E-state index contributed by atoms with van der Waals surface area (Å²) < 4.78 is 5.98. The van der Waals surface area contributed by atoms with Crippen molar-refractivity contribution >= 4 is 16.7 Å². The fourth-order valence-electron chi connectivity index (χ4n) is 3.23. The third-order valence-corrected chi connectivity index (χ3v) is 5.06. The van der Waals surface area contributed by atoms with Crippen LogP contribution in [0.3, 0.4) is 0 Å². The van der Waals surface area contributed by atoms with Crippen LogP contribution in [0.25, 0.3) is 10.8 Å². The zero-order valence-corrected chi connectivity index (χ0v) is 17.3. The van der Waals surface area contributed by atoms with Crippen LogP contribution < -0.4 is 10.1 Å². The summed E-state index contributed by atoms with van der Waals surface area (Å²) in [6.07, 6.45) is -0.581. The van der Waals surface area contributed by atoms with E-state index in [0.717, 1.165) is 22.1 Å². The monoisotopic (exact) mass is 375 g/mol. The molecular weight excluding hydrogens is 346 g/mol. The molecule has 0 radical (unpaired) electrons. The van der Waals surface area contributed by atoms with Crippen LogP contribution in [0.4, 0.5) is 0 Å². The van der Waals surface area contributed by atoms with Gasteiger partial charge in [-0.2, -0.15) is 0 Å².